The second-order valence-corrected chi connectivity index (χ2v) is 9.07. The molecule has 0 unspecified atom stereocenters. The molecular weight excluding hydrogens is 400 g/mol. The van der Waals surface area contributed by atoms with Crippen LogP contribution < -0.4 is 10.2 Å². The molecule has 4 aromatic rings. The van der Waals surface area contributed by atoms with Crippen LogP contribution in [0.1, 0.15) is 22.4 Å². The van der Waals surface area contributed by atoms with Crippen LogP contribution in [0.5, 0.6) is 5.75 Å². The van der Waals surface area contributed by atoms with Crippen molar-refractivity contribution in [3.63, 3.8) is 0 Å². The molecule has 0 amide bonds. The number of nitrogens with zero attached hydrogens (tertiary/aromatic N) is 2. The van der Waals surface area contributed by atoms with E-state index in [0.29, 0.717) is 5.52 Å². The van der Waals surface area contributed by atoms with Crippen LogP contribution in [0.15, 0.2) is 64.5 Å². The molecule has 1 aliphatic carbocycles. The van der Waals surface area contributed by atoms with Gasteiger partial charge in [-0.2, -0.15) is 0 Å². The number of fused-ring (bicyclic) bond motifs is 2. The average molecular weight is 421 g/mol. The maximum Gasteiger partial charge on any atom is 0.211 e. The summed E-state index contributed by atoms with van der Waals surface area (Å²) in [6.07, 6.45) is 2.95. The molecule has 0 radical (unpaired) electrons. The molecule has 0 fully saturated rings. The minimum Gasteiger partial charge on any atom is -0.497 e. The highest BCUT2D eigenvalue weighted by atomic mass is 32.2. The number of methoxy groups -OCH3 is 1. The van der Waals surface area contributed by atoms with Crippen LogP contribution in [0.25, 0.3) is 16.0 Å². The standard InChI is InChI=1S/C23H20N2O2S2/c1-27-17-12-10-15(11-13-17)14-28-23-24-20-21(26)18-8-5-9-19(18)29-22(20)25(23)16-6-3-2-4-7-16/h2-4,6-7,10-13H,5,8-9,14H2,1H3. The smallest absolute Gasteiger partial charge is 0.211 e. The lowest BCUT2D eigenvalue weighted by atomic mass is 10.2. The Kier molecular flexibility index (Phi) is 4.89. The molecule has 6 heteroatoms. The summed E-state index contributed by atoms with van der Waals surface area (Å²) in [5, 5.41) is 0.860. The molecule has 5 rings (SSSR count). The average Bonchev–Trinajstić information content (AvgIpc) is 3.38. The van der Waals surface area contributed by atoms with Crippen molar-refractivity contribution in [2.24, 2.45) is 0 Å². The van der Waals surface area contributed by atoms with E-state index in [0.717, 1.165) is 52.0 Å². The number of imidazole rings is 1. The third-order valence-electron chi connectivity index (χ3n) is 5.22. The predicted octanol–water partition coefficient (Wildman–Crippen LogP) is 5.24. The van der Waals surface area contributed by atoms with E-state index >= 15 is 0 Å². The van der Waals surface area contributed by atoms with Gasteiger partial charge in [-0.25, -0.2) is 4.98 Å². The van der Waals surface area contributed by atoms with Gasteiger partial charge in [-0.05, 0) is 49.1 Å². The van der Waals surface area contributed by atoms with E-state index in [4.69, 9.17) is 9.72 Å². The largest absolute Gasteiger partial charge is 0.497 e. The number of aromatic nitrogens is 2. The van der Waals surface area contributed by atoms with Gasteiger partial charge < -0.3 is 4.74 Å². The van der Waals surface area contributed by atoms with Crippen molar-refractivity contribution in [2.75, 3.05) is 7.11 Å². The van der Waals surface area contributed by atoms with Gasteiger partial charge in [0.1, 0.15) is 16.1 Å². The van der Waals surface area contributed by atoms with E-state index in [1.807, 2.05) is 30.3 Å². The zero-order valence-electron chi connectivity index (χ0n) is 16.1. The first-order chi connectivity index (χ1) is 14.2. The number of aryl methyl sites for hydroxylation is 1. The Balaban J connectivity index is 1.60. The van der Waals surface area contributed by atoms with Gasteiger partial charge in [0.15, 0.2) is 5.16 Å². The van der Waals surface area contributed by atoms with E-state index in [1.165, 1.54) is 10.4 Å². The summed E-state index contributed by atoms with van der Waals surface area (Å²) < 4.78 is 7.39. The second-order valence-electron chi connectivity index (χ2n) is 7.04. The molecule has 4 nitrogen and oxygen atoms in total. The lowest BCUT2D eigenvalue weighted by Gasteiger charge is -2.09. The predicted molar refractivity (Wildman–Crippen MR) is 120 cm³/mol. The van der Waals surface area contributed by atoms with E-state index in [1.54, 1.807) is 30.2 Å². The van der Waals surface area contributed by atoms with E-state index < -0.39 is 0 Å². The Bertz CT molecular complexity index is 1230. The summed E-state index contributed by atoms with van der Waals surface area (Å²) in [7, 11) is 1.67. The van der Waals surface area contributed by atoms with Crippen LogP contribution in [0, 0.1) is 0 Å². The molecule has 1 aliphatic rings. The van der Waals surface area contributed by atoms with Crippen molar-refractivity contribution in [3.05, 3.63) is 80.8 Å². The Morgan fingerprint density at radius 3 is 2.66 bits per heavy atom. The lowest BCUT2D eigenvalue weighted by molar-refractivity contribution is 0.414. The number of rotatable bonds is 5. The van der Waals surface area contributed by atoms with Gasteiger partial charge in [0, 0.05) is 21.9 Å². The Hall–Kier alpha value is -2.57. The number of para-hydroxylation sites is 1. The topological polar surface area (TPSA) is 44.1 Å². The van der Waals surface area contributed by atoms with Crippen LogP contribution >= 0.6 is 23.1 Å². The molecule has 0 bridgehead atoms. The molecule has 0 saturated carbocycles. The molecule has 2 aromatic heterocycles. The Morgan fingerprint density at radius 1 is 1.10 bits per heavy atom. The minimum absolute atomic E-state index is 0.118. The maximum atomic E-state index is 13.1. The molecule has 2 heterocycles. The molecule has 2 aromatic carbocycles. The van der Waals surface area contributed by atoms with Crippen molar-refractivity contribution in [1.29, 1.82) is 0 Å². The summed E-state index contributed by atoms with van der Waals surface area (Å²) in [6.45, 7) is 0. The summed E-state index contributed by atoms with van der Waals surface area (Å²) in [4.78, 5) is 20.1. The highest BCUT2D eigenvalue weighted by molar-refractivity contribution is 7.98. The summed E-state index contributed by atoms with van der Waals surface area (Å²) >= 11 is 3.39. The van der Waals surface area contributed by atoms with Crippen LogP contribution in [0.2, 0.25) is 0 Å². The first-order valence-electron chi connectivity index (χ1n) is 9.63. The van der Waals surface area contributed by atoms with Crippen molar-refractivity contribution in [1.82, 2.24) is 9.55 Å². The minimum atomic E-state index is 0.118. The van der Waals surface area contributed by atoms with E-state index in [2.05, 4.69) is 28.8 Å². The fourth-order valence-electron chi connectivity index (χ4n) is 3.73. The monoisotopic (exact) mass is 420 g/mol. The van der Waals surface area contributed by atoms with Gasteiger partial charge in [-0.3, -0.25) is 9.36 Å². The van der Waals surface area contributed by atoms with Gasteiger partial charge in [0.05, 0.1) is 7.11 Å². The van der Waals surface area contributed by atoms with Gasteiger partial charge in [0.25, 0.3) is 0 Å². The third kappa shape index (κ3) is 3.36. The second kappa shape index (κ2) is 7.69. The number of thioether (sulfide) groups is 1. The molecule has 29 heavy (non-hydrogen) atoms. The van der Waals surface area contributed by atoms with Gasteiger partial charge in [-0.1, -0.05) is 42.1 Å². The Morgan fingerprint density at radius 2 is 1.90 bits per heavy atom. The third-order valence-corrected chi connectivity index (χ3v) is 7.50. The van der Waals surface area contributed by atoms with Gasteiger partial charge in [-0.15, -0.1) is 11.3 Å². The first kappa shape index (κ1) is 18.5. The molecule has 0 saturated heterocycles. The molecule has 146 valence electrons. The normalized spacial score (nSPS) is 13.0. The van der Waals surface area contributed by atoms with Crippen LogP contribution in [0.4, 0.5) is 0 Å². The molecule has 0 atom stereocenters. The number of benzene rings is 2. The van der Waals surface area contributed by atoms with Gasteiger partial charge in [0.2, 0.25) is 5.43 Å². The van der Waals surface area contributed by atoms with Crippen LogP contribution in [0.3, 0.4) is 0 Å². The quantitative estimate of drug-likeness (QED) is 0.414. The van der Waals surface area contributed by atoms with Crippen molar-refractivity contribution < 1.29 is 4.74 Å². The summed E-state index contributed by atoms with van der Waals surface area (Å²) in [5.74, 6) is 1.63. The molecule has 0 spiro atoms. The fraction of sp³-hybridized carbons (Fsp3) is 0.217. The molecular formula is C23H20N2O2S2. The maximum absolute atomic E-state index is 13.1. The zero-order valence-corrected chi connectivity index (χ0v) is 17.7. The van der Waals surface area contributed by atoms with Crippen molar-refractivity contribution in [2.45, 2.75) is 30.2 Å². The highest BCUT2D eigenvalue weighted by Crippen LogP contribution is 2.34. The summed E-state index contributed by atoms with van der Waals surface area (Å²) in [6, 6.07) is 18.3. The number of hydrogen-bond acceptors (Lipinski definition) is 5. The highest BCUT2D eigenvalue weighted by Gasteiger charge is 2.23. The fourth-order valence-corrected chi connectivity index (χ4v) is 6.07. The van der Waals surface area contributed by atoms with Crippen LogP contribution in [-0.4, -0.2) is 16.7 Å². The van der Waals surface area contributed by atoms with Crippen molar-refractivity contribution >= 4 is 33.4 Å². The van der Waals surface area contributed by atoms with Crippen LogP contribution in [-0.2, 0) is 18.6 Å². The zero-order chi connectivity index (χ0) is 19.8. The number of hydrogen-bond donors (Lipinski definition) is 0. The van der Waals surface area contributed by atoms with Crippen molar-refractivity contribution in [3.8, 4) is 11.4 Å². The lowest BCUT2D eigenvalue weighted by Crippen LogP contribution is -2.07. The number of ether oxygens (including phenoxy) is 1. The van der Waals surface area contributed by atoms with Gasteiger partial charge >= 0.3 is 0 Å². The summed E-state index contributed by atoms with van der Waals surface area (Å²) in [5.41, 5.74) is 3.94. The van der Waals surface area contributed by atoms with E-state index in [-0.39, 0.29) is 5.43 Å². The first-order valence-corrected chi connectivity index (χ1v) is 11.4. The molecule has 0 N–H and O–H groups in total. The molecule has 0 aliphatic heterocycles. The Labute approximate surface area is 177 Å². The SMILES string of the molecule is COc1ccc(CSc2nc3c(=O)c4c(sc3n2-c2ccccc2)CCC4)cc1. The van der Waals surface area contributed by atoms with E-state index in [9.17, 15) is 4.79 Å².